The summed E-state index contributed by atoms with van der Waals surface area (Å²) in [5.74, 6) is 0.684. The predicted molar refractivity (Wildman–Crippen MR) is 86.3 cm³/mol. The number of aromatic nitrogens is 1. The Hall–Kier alpha value is -1.45. The van der Waals surface area contributed by atoms with Gasteiger partial charge in [0.1, 0.15) is 0 Å². The second kappa shape index (κ2) is 7.01. The molecule has 0 spiro atoms. The molecule has 0 radical (unpaired) electrons. The van der Waals surface area contributed by atoms with Crippen molar-refractivity contribution >= 4 is 10.9 Å². The van der Waals surface area contributed by atoms with Gasteiger partial charge in [0, 0.05) is 30.8 Å². The molecule has 1 aliphatic heterocycles. The third-order valence-corrected chi connectivity index (χ3v) is 4.26. The van der Waals surface area contributed by atoms with Gasteiger partial charge in [0.2, 0.25) is 0 Å². The summed E-state index contributed by atoms with van der Waals surface area (Å²) in [4.78, 5) is 4.41. The van der Waals surface area contributed by atoms with Gasteiger partial charge in [-0.3, -0.25) is 4.98 Å². The SMILES string of the molecule is CCCNC(CC1CCOC1)c1ccc2ncccc2c1. The first kappa shape index (κ1) is 14.5. The number of fused-ring (bicyclic) bond motifs is 1. The Balaban J connectivity index is 1.81. The Labute approximate surface area is 126 Å². The van der Waals surface area contributed by atoms with Crippen LogP contribution in [0.1, 0.15) is 37.8 Å². The van der Waals surface area contributed by atoms with Crippen molar-refractivity contribution in [3.8, 4) is 0 Å². The Morgan fingerprint density at radius 1 is 1.38 bits per heavy atom. The van der Waals surface area contributed by atoms with Gasteiger partial charge in [-0.25, -0.2) is 0 Å². The highest BCUT2D eigenvalue weighted by molar-refractivity contribution is 5.79. The molecule has 1 aromatic heterocycles. The van der Waals surface area contributed by atoms with Crippen molar-refractivity contribution in [1.29, 1.82) is 0 Å². The molecule has 3 rings (SSSR count). The summed E-state index contributed by atoms with van der Waals surface area (Å²) < 4.78 is 5.53. The van der Waals surface area contributed by atoms with Crippen LogP contribution in [0.5, 0.6) is 0 Å². The molecule has 0 aliphatic carbocycles. The van der Waals surface area contributed by atoms with Crippen LogP contribution in [0, 0.1) is 5.92 Å². The first-order valence-corrected chi connectivity index (χ1v) is 8.02. The van der Waals surface area contributed by atoms with Crippen LogP contribution in [-0.4, -0.2) is 24.7 Å². The van der Waals surface area contributed by atoms with Gasteiger partial charge in [-0.2, -0.15) is 0 Å². The van der Waals surface area contributed by atoms with Crippen LogP contribution in [0.2, 0.25) is 0 Å². The molecule has 1 fully saturated rings. The summed E-state index contributed by atoms with van der Waals surface area (Å²) in [6, 6.07) is 11.2. The summed E-state index contributed by atoms with van der Waals surface area (Å²) >= 11 is 0. The van der Waals surface area contributed by atoms with E-state index in [1.807, 2.05) is 12.3 Å². The van der Waals surface area contributed by atoms with Crippen LogP contribution in [0.3, 0.4) is 0 Å². The van der Waals surface area contributed by atoms with E-state index in [0.29, 0.717) is 12.0 Å². The first-order chi connectivity index (χ1) is 10.4. The number of benzene rings is 1. The quantitative estimate of drug-likeness (QED) is 0.878. The minimum absolute atomic E-state index is 0.418. The summed E-state index contributed by atoms with van der Waals surface area (Å²) in [6.45, 7) is 5.11. The summed E-state index contributed by atoms with van der Waals surface area (Å²) in [5.41, 5.74) is 2.44. The van der Waals surface area contributed by atoms with Crippen molar-refractivity contribution in [3.05, 3.63) is 42.1 Å². The van der Waals surface area contributed by atoms with Crippen molar-refractivity contribution < 1.29 is 4.74 Å². The zero-order valence-corrected chi connectivity index (χ0v) is 12.7. The van der Waals surface area contributed by atoms with E-state index in [-0.39, 0.29) is 0 Å². The van der Waals surface area contributed by atoms with Gasteiger partial charge >= 0.3 is 0 Å². The van der Waals surface area contributed by atoms with Gasteiger partial charge in [-0.15, -0.1) is 0 Å². The molecule has 1 N–H and O–H groups in total. The molecule has 0 saturated carbocycles. The van der Waals surface area contributed by atoms with Crippen molar-refractivity contribution in [2.45, 2.75) is 32.2 Å². The van der Waals surface area contributed by atoms with Crippen LogP contribution in [0.15, 0.2) is 36.5 Å². The summed E-state index contributed by atoms with van der Waals surface area (Å²) in [5, 5.41) is 4.92. The van der Waals surface area contributed by atoms with Crippen LogP contribution in [0.4, 0.5) is 0 Å². The van der Waals surface area contributed by atoms with Crippen molar-refractivity contribution in [1.82, 2.24) is 10.3 Å². The molecule has 1 aliphatic rings. The fourth-order valence-corrected chi connectivity index (χ4v) is 3.07. The lowest BCUT2D eigenvalue weighted by molar-refractivity contribution is 0.181. The number of ether oxygens (including phenoxy) is 1. The number of hydrogen-bond acceptors (Lipinski definition) is 3. The molecule has 112 valence electrons. The molecule has 0 amide bonds. The molecule has 3 nitrogen and oxygen atoms in total. The number of pyridine rings is 1. The number of hydrogen-bond donors (Lipinski definition) is 1. The molecule has 0 bridgehead atoms. The maximum atomic E-state index is 5.53. The number of nitrogens with one attached hydrogen (secondary N) is 1. The highest BCUT2D eigenvalue weighted by atomic mass is 16.5. The van der Waals surface area contributed by atoms with Gasteiger partial charge in [0.15, 0.2) is 0 Å². The van der Waals surface area contributed by atoms with Gasteiger partial charge in [0.05, 0.1) is 5.52 Å². The standard InChI is InChI=1S/C18H24N2O/c1-2-8-19-18(11-14-7-10-21-13-14)16-5-6-17-15(12-16)4-3-9-20-17/h3-6,9,12,14,18-19H,2,7-8,10-11,13H2,1H3. The predicted octanol–water partition coefficient (Wildman–Crippen LogP) is 3.70. The van der Waals surface area contributed by atoms with Crippen LogP contribution in [-0.2, 0) is 4.74 Å². The Morgan fingerprint density at radius 2 is 2.33 bits per heavy atom. The Morgan fingerprint density at radius 3 is 3.14 bits per heavy atom. The molecule has 1 aromatic carbocycles. The Bertz CT molecular complexity index is 578. The van der Waals surface area contributed by atoms with Crippen LogP contribution in [0.25, 0.3) is 10.9 Å². The Kier molecular flexibility index (Phi) is 4.84. The first-order valence-electron chi connectivity index (χ1n) is 8.02. The molecule has 2 atom stereocenters. The van der Waals surface area contributed by atoms with Crippen molar-refractivity contribution in [2.75, 3.05) is 19.8 Å². The molecule has 3 heteroatoms. The summed E-state index contributed by atoms with van der Waals surface area (Å²) in [7, 11) is 0. The van der Waals surface area contributed by atoms with E-state index in [9.17, 15) is 0 Å². The lowest BCUT2D eigenvalue weighted by atomic mass is 9.93. The smallest absolute Gasteiger partial charge is 0.0702 e. The monoisotopic (exact) mass is 284 g/mol. The minimum Gasteiger partial charge on any atom is -0.381 e. The van der Waals surface area contributed by atoms with E-state index < -0.39 is 0 Å². The second-order valence-electron chi connectivity index (χ2n) is 5.93. The molecule has 2 heterocycles. The lowest BCUT2D eigenvalue weighted by Crippen LogP contribution is -2.24. The second-order valence-corrected chi connectivity index (χ2v) is 5.93. The zero-order valence-electron chi connectivity index (χ0n) is 12.7. The third-order valence-electron chi connectivity index (χ3n) is 4.26. The normalized spacial score (nSPS) is 20.0. The van der Waals surface area contributed by atoms with E-state index >= 15 is 0 Å². The maximum Gasteiger partial charge on any atom is 0.0702 e. The minimum atomic E-state index is 0.418. The molecule has 21 heavy (non-hydrogen) atoms. The van der Waals surface area contributed by atoms with E-state index in [1.165, 1.54) is 17.4 Å². The fourth-order valence-electron chi connectivity index (χ4n) is 3.07. The topological polar surface area (TPSA) is 34.1 Å². The highest BCUT2D eigenvalue weighted by Gasteiger charge is 2.21. The number of rotatable bonds is 6. The molecule has 2 aromatic rings. The van der Waals surface area contributed by atoms with Gasteiger partial charge in [-0.1, -0.05) is 19.1 Å². The maximum absolute atomic E-state index is 5.53. The average molecular weight is 284 g/mol. The zero-order chi connectivity index (χ0) is 14.5. The van der Waals surface area contributed by atoms with Gasteiger partial charge in [0.25, 0.3) is 0 Å². The van der Waals surface area contributed by atoms with E-state index in [1.54, 1.807) is 0 Å². The lowest BCUT2D eigenvalue weighted by Gasteiger charge is -2.22. The van der Waals surface area contributed by atoms with Crippen LogP contribution < -0.4 is 5.32 Å². The van der Waals surface area contributed by atoms with Crippen molar-refractivity contribution in [2.24, 2.45) is 5.92 Å². The molecular weight excluding hydrogens is 260 g/mol. The van der Waals surface area contributed by atoms with Gasteiger partial charge < -0.3 is 10.1 Å². The molecular formula is C18H24N2O. The highest BCUT2D eigenvalue weighted by Crippen LogP contribution is 2.28. The number of nitrogens with zero attached hydrogens (tertiary/aromatic N) is 1. The third kappa shape index (κ3) is 3.60. The largest absolute Gasteiger partial charge is 0.381 e. The summed E-state index contributed by atoms with van der Waals surface area (Å²) in [6.07, 6.45) is 5.36. The van der Waals surface area contributed by atoms with Gasteiger partial charge in [-0.05, 0) is 55.5 Å². The van der Waals surface area contributed by atoms with Crippen molar-refractivity contribution in [3.63, 3.8) is 0 Å². The van der Waals surface area contributed by atoms with Crippen LogP contribution >= 0.6 is 0 Å². The molecule has 1 saturated heterocycles. The van der Waals surface area contributed by atoms with E-state index in [4.69, 9.17) is 4.74 Å². The average Bonchev–Trinajstić information content (AvgIpc) is 3.04. The fraction of sp³-hybridized carbons (Fsp3) is 0.500. The molecule has 2 unspecified atom stereocenters. The van der Waals surface area contributed by atoms with E-state index in [0.717, 1.165) is 38.1 Å². The van der Waals surface area contributed by atoms with E-state index in [2.05, 4.69) is 41.5 Å².